The van der Waals surface area contributed by atoms with Gasteiger partial charge in [-0.2, -0.15) is 5.10 Å². The summed E-state index contributed by atoms with van der Waals surface area (Å²) in [5.74, 6) is -1.84. The number of hydrogen-bond acceptors (Lipinski definition) is 3. The third kappa shape index (κ3) is 4.56. The van der Waals surface area contributed by atoms with Crippen LogP contribution in [0.15, 0.2) is 53.1 Å². The average Bonchev–Trinajstić information content (AvgIpc) is 3.03. The first-order valence-corrected chi connectivity index (χ1v) is 9.33. The summed E-state index contributed by atoms with van der Waals surface area (Å²) in [6.45, 7) is 3.57. The Morgan fingerprint density at radius 3 is 2.64 bits per heavy atom. The molecule has 2 aromatic carbocycles. The second-order valence-corrected chi connectivity index (χ2v) is 7.21. The van der Waals surface area contributed by atoms with Crippen LogP contribution in [0.25, 0.3) is 5.69 Å². The van der Waals surface area contributed by atoms with Crippen LogP contribution in [0.2, 0.25) is 0 Å². The molecule has 3 rings (SSSR count). The van der Waals surface area contributed by atoms with E-state index in [0.717, 1.165) is 22.3 Å². The number of ether oxygens (including phenoxy) is 1. The van der Waals surface area contributed by atoms with Gasteiger partial charge in [-0.05, 0) is 50.2 Å². The van der Waals surface area contributed by atoms with E-state index in [1.165, 1.54) is 12.3 Å². The molecule has 5 nitrogen and oxygen atoms in total. The smallest absolute Gasteiger partial charge is 0.255 e. The van der Waals surface area contributed by atoms with Crippen molar-refractivity contribution in [2.75, 3.05) is 6.61 Å². The molecule has 28 heavy (non-hydrogen) atoms. The first-order chi connectivity index (χ1) is 13.3. The summed E-state index contributed by atoms with van der Waals surface area (Å²) in [7, 11) is 0. The summed E-state index contributed by atoms with van der Waals surface area (Å²) in [6, 6.07) is 10.2. The highest BCUT2D eigenvalue weighted by Gasteiger charge is 2.17. The van der Waals surface area contributed by atoms with Crippen LogP contribution in [0.3, 0.4) is 0 Å². The Balaban J connectivity index is 1.63. The molecule has 1 unspecified atom stereocenters. The van der Waals surface area contributed by atoms with Crippen molar-refractivity contribution >= 4 is 21.8 Å². The van der Waals surface area contributed by atoms with Gasteiger partial charge in [-0.15, -0.1) is 0 Å². The molecule has 146 valence electrons. The van der Waals surface area contributed by atoms with Gasteiger partial charge in [0.1, 0.15) is 12.4 Å². The molecule has 1 N–H and O–H groups in total. The lowest BCUT2D eigenvalue weighted by molar-refractivity contribution is 0.0925. The summed E-state index contributed by atoms with van der Waals surface area (Å²) in [5, 5.41) is 7.07. The second-order valence-electron chi connectivity index (χ2n) is 6.29. The van der Waals surface area contributed by atoms with E-state index in [-0.39, 0.29) is 18.3 Å². The van der Waals surface area contributed by atoms with E-state index in [0.29, 0.717) is 11.3 Å². The van der Waals surface area contributed by atoms with Gasteiger partial charge >= 0.3 is 0 Å². The van der Waals surface area contributed by atoms with Crippen LogP contribution in [0, 0.1) is 18.6 Å². The Labute approximate surface area is 169 Å². The molecule has 0 aliphatic carbocycles. The minimum Gasteiger partial charge on any atom is -0.488 e. The fourth-order valence-electron chi connectivity index (χ4n) is 2.63. The highest BCUT2D eigenvalue weighted by molar-refractivity contribution is 9.10. The Kier molecular flexibility index (Phi) is 6.08. The van der Waals surface area contributed by atoms with E-state index in [4.69, 9.17) is 4.74 Å². The molecule has 0 aliphatic heterocycles. The summed E-state index contributed by atoms with van der Waals surface area (Å²) in [5.41, 5.74) is 1.96. The monoisotopic (exact) mass is 449 g/mol. The molecular weight excluding hydrogens is 432 g/mol. The zero-order valence-corrected chi connectivity index (χ0v) is 16.8. The largest absolute Gasteiger partial charge is 0.488 e. The maximum atomic E-state index is 13.6. The molecule has 1 atom stereocenters. The Morgan fingerprint density at radius 2 is 1.96 bits per heavy atom. The summed E-state index contributed by atoms with van der Waals surface area (Å²) >= 11 is 3.38. The number of carbonyl (C=O) groups is 1. The molecule has 8 heteroatoms. The number of benzene rings is 2. The number of aromatic nitrogens is 2. The third-order valence-corrected chi connectivity index (χ3v) is 4.61. The lowest BCUT2D eigenvalue weighted by atomic mass is 10.2. The van der Waals surface area contributed by atoms with Gasteiger partial charge in [-0.3, -0.25) is 4.79 Å². The van der Waals surface area contributed by atoms with Crippen molar-refractivity contribution in [2.45, 2.75) is 19.9 Å². The van der Waals surface area contributed by atoms with Crippen molar-refractivity contribution in [3.63, 3.8) is 0 Å². The van der Waals surface area contributed by atoms with Crippen molar-refractivity contribution in [2.24, 2.45) is 0 Å². The SMILES string of the molecule is Cc1c(C(=O)NC(C)COc2ccc(F)cc2F)cnn1-c1ccc(Br)cc1. The normalized spacial score (nSPS) is 11.9. The van der Waals surface area contributed by atoms with Crippen LogP contribution in [0.4, 0.5) is 8.78 Å². The maximum Gasteiger partial charge on any atom is 0.255 e. The number of hydrogen-bond donors (Lipinski definition) is 1. The highest BCUT2D eigenvalue weighted by atomic mass is 79.9. The molecule has 1 heterocycles. The van der Waals surface area contributed by atoms with Gasteiger partial charge in [-0.25, -0.2) is 13.5 Å². The van der Waals surface area contributed by atoms with Crippen LogP contribution in [-0.2, 0) is 0 Å². The van der Waals surface area contributed by atoms with Crippen molar-refractivity contribution in [1.82, 2.24) is 15.1 Å². The van der Waals surface area contributed by atoms with Crippen LogP contribution in [0.1, 0.15) is 23.0 Å². The zero-order valence-electron chi connectivity index (χ0n) is 15.2. The number of amides is 1. The molecular formula is C20H18BrF2N3O2. The van der Waals surface area contributed by atoms with Gasteiger partial charge in [0.25, 0.3) is 5.91 Å². The summed E-state index contributed by atoms with van der Waals surface area (Å²) in [6.07, 6.45) is 1.50. The molecule has 0 spiro atoms. The standard InChI is InChI=1S/C20H18BrF2N3O2/c1-12(11-28-19-8-5-15(22)9-18(19)23)25-20(27)17-10-24-26(13(17)2)16-6-3-14(21)4-7-16/h3-10,12H,11H2,1-2H3,(H,25,27). The van der Waals surface area contributed by atoms with E-state index in [9.17, 15) is 13.6 Å². The lowest BCUT2D eigenvalue weighted by Crippen LogP contribution is -2.37. The molecule has 0 bridgehead atoms. The number of halogens is 3. The number of nitrogens with zero attached hydrogens (tertiary/aromatic N) is 2. The Hall–Kier alpha value is -2.74. The number of carbonyl (C=O) groups excluding carboxylic acids is 1. The fraction of sp³-hybridized carbons (Fsp3) is 0.200. The van der Waals surface area contributed by atoms with Gasteiger partial charge in [0.15, 0.2) is 11.6 Å². The minimum absolute atomic E-state index is 0.0359. The van der Waals surface area contributed by atoms with Crippen molar-refractivity contribution in [1.29, 1.82) is 0 Å². The lowest BCUT2D eigenvalue weighted by Gasteiger charge is -2.15. The van der Waals surface area contributed by atoms with Crippen LogP contribution >= 0.6 is 15.9 Å². The molecule has 1 aromatic heterocycles. The van der Waals surface area contributed by atoms with E-state index in [1.807, 2.05) is 24.3 Å². The Bertz CT molecular complexity index is 990. The maximum absolute atomic E-state index is 13.6. The molecule has 0 saturated carbocycles. The number of rotatable bonds is 6. The predicted molar refractivity (Wildman–Crippen MR) is 105 cm³/mol. The second kappa shape index (κ2) is 8.52. The van der Waals surface area contributed by atoms with Crippen molar-refractivity contribution in [3.8, 4) is 11.4 Å². The molecule has 3 aromatic rings. The van der Waals surface area contributed by atoms with Gasteiger partial charge in [0.05, 0.1) is 29.2 Å². The third-order valence-electron chi connectivity index (χ3n) is 4.09. The molecule has 1 amide bonds. The molecule has 0 aliphatic rings. The fourth-order valence-corrected chi connectivity index (χ4v) is 2.89. The first kappa shape index (κ1) is 20.0. The topological polar surface area (TPSA) is 56.1 Å². The zero-order chi connectivity index (χ0) is 20.3. The average molecular weight is 450 g/mol. The minimum atomic E-state index is -0.787. The summed E-state index contributed by atoms with van der Waals surface area (Å²) < 4.78 is 34.5. The van der Waals surface area contributed by atoms with E-state index >= 15 is 0 Å². The van der Waals surface area contributed by atoms with Crippen LogP contribution < -0.4 is 10.1 Å². The summed E-state index contributed by atoms with van der Waals surface area (Å²) in [4.78, 5) is 12.5. The molecule has 0 fully saturated rings. The van der Waals surface area contributed by atoms with Gasteiger partial charge in [-0.1, -0.05) is 15.9 Å². The van der Waals surface area contributed by atoms with E-state index in [2.05, 4.69) is 26.3 Å². The van der Waals surface area contributed by atoms with Crippen LogP contribution in [-0.4, -0.2) is 28.3 Å². The Morgan fingerprint density at radius 1 is 1.25 bits per heavy atom. The quantitative estimate of drug-likeness (QED) is 0.605. The van der Waals surface area contributed by atoms with Gasteiger partial charge in [0, 0.05) is 10.5 Å². The van der Waals surface area contributed by atoms with E-state index < -0.39 is 17.7 Å². The van der Waals surface area contributed by atoms with E-state index in [1.54, 1.807) is 18.5 Å². The van der Waals surface area contributed by atoms with Crippen molar-refractivity contribution < 1.29 is 18.3 Å². The predicted octanol–water partition coefficient (Wildman–Crippen LogP) is 4.42. The van der Waals surface area contributed by atoms with Crippen molar-refractivity contribution in [3.05, 3.63) is 76.0 Å². The number of nitrogens with one attached hydrogen (secondary N) is 1. The molecule has 0 radical (unpaired) electrons. The van der Waals surface area contributed by atoms with Gasteiger partial charge in [0.2, 0.25) is 0 Å². The van der Waals surface area contributed by atoms with Gasteiger partial charge < -0.3 is 10.1 Å². The molecule has 0 saturated heterocycles. The van der Waals surface area contributed by atoms with Crippen LogP contribution in [0.5, 0.6) is 5.75 Å². The first-order valence-electron chi connectivity index (χ1n) is 8.54. The highest BCUT2D eigenvalue weighted by Crippen LogP contribution is 2.19.